The smallest absolute Gasteiger partial charge is 0.0395 e. The molecular weight excluding hydrogens is 244 g/mol. The Bertz CT molecular complexity index is 398. The summed E-state index contributed by atoms with van der Waals surface area (Å²) in [6.07, 6.45) is 2.42. The maximum atomic E-state index is 3.46. The van der Waals surface area contributed by atoms with Gasteiger partial charge in [-0.3, -0.25) is 0 Å². The van der Waals surface area contributed by atoms with Crippen molar-refractivity contribution in [3.05, 3.63) is 29.3 Å². The van der Waals surface area contributed by atoms with Crippen molar-refractivity contribution < 1.29 is 0 Å². The zero-order chi connectivity index (χ0) is 15.1. The molecular formula is C18H32N2. The number of hydrogen-bond acceptors (Lipinski definition) is 2. The molecule has 0 saturated heterocycles. The lowest BCUT2D eigenvalue weighted by Gasteiger charge is -2.30. The summed E-state index contributed by atoms with van der Waals surface area (Å²) in [5.41, 5.74) is 4.11. The molecule has 1 aromatic carbocycles. The van der Waals surface area contributed by atoms with Gasteiger partial charge in [-0.15, -0.1) is 0 Å². The molecule has 0 heterocycles. The van der Waals surface area contributed by atoms with E-state index in [0.717, 1.165) is 19.0 Å². The fourth-order valence-electron chi connectivity index (χ4n) is 2.71. The number of nitrogens with zero attached hydrogens (tertiary/aromatic N) is 1. The Morgan fingerprint density at radius 2 is 1.90 bits per heavy atom. The minimum Gasteiger partial charge on any atom is -0.372 e. The number of hydrogen-bond donors (Lipinski definition) is 1. The fourth-order valence-corrected chi connectivity index (χ4v) is 2.71. The number of rotatable bonds is 8. The first-order valence-corrected chi connectivity index (χ1v) is 7.98. The van der Waals surface area contributed by atoms with Crippen LogP contribution >= 0.6 is 0 Å². The Balaban J connectivity index is 2.71. The Kier molecular flexibility index (Phi) is 7.08. The Labute approximate surface area is 125 Å². The third-order valence-electron chi connectivity index (χ3n) is 3.87. The number of aryl methyl sites for hydroxylation is 1. The molecule has 20 heavy (non-hydrogen) atoms. The van der Waals surface area contributed by atoms with Gasteiger partial charge in [0.05, 0.1) is 0 Å². The lowest BCUT2D eigenvalue weighted by atomic mass is 10.0. The molecule has 1 atom stereocenters. The molecule has 0 saturated carbocycles. The van der Waals surface area contributed by atoms with Gasteiger partial charge in [-0.25, -0.2) is 0 Å². The second-order valence-electron chi connectivity index (χ2n) is 6.39. The molecule has 114 valence electrons. The SMILES string of the molecule is CCCNCc1ccc(N(C)C(C)CC(C)C)c(C)c1. The van der Waals surface area contributed by atoms with Crippen molar-refractivity contribution in [1.29, 1.82) is 0 Å². The van der Waals surface area contributed by atoms with Crippen LogP contribution in [0.2, 0.25) is 0 Å². The summed E-state index contributed by atoms with van der Waals surface area (Å²) in [6, 6.07) is 7.42. The summed E-state index contributed by atoms with van der Waals surface area (Å²) in [7, 11) is 2.21. The van der Waals surface area contributed by atoms with Crippen LogP contribution < -0.4 is 10.2 Å². The van der Waals surface area contributed by atoms with Crippen LogP contribution in [-0.4, -0.2) is 19.6 Å². The van der Waals surface area contributed by atoms with Crippen molar-refractivity contribution in [2.75, 3.05) is 18.5 Å². The first kappa shape index (κ1) is 17.0. The molecule has 2 heteroatoms. The summed E-state index contributed by atoms with van der Waals surface area (Å²) >= 11 is 0. The van der Waals surface area contributed by atoms with Gasteiger partial charge in [-0.05, 0) is 56.3 Å². The maximum absolute atomic E-state index is 3.46. The minimum absolute atomic E-state index is 0.581. The summed E-state index contributed by atoms with van der Waals surface area (Å²) < 4.78 is 0. The van der Waals surface area contributed by atoms with Crippen LogP contribution in [0.5, 0.6) is 0 Å². The Morgan fingerprint density at radius 1 is 1.20 bits per heavy atom. The van der Waals surface area contributed by atoms with Gasteiger partial charge in [0.2, 0.25) is 0 Å². The van der Waals surface area contributed by atoms with Crippen molar-refractivity contribution in [2.45, 2.75) is 60.0 Å². The van der Waals surface area contributed by atoms with E-state index in [-0.39, 0.29) is 0 Å². The number of nitrogens with one attached hydrogen (secondary N) is 1. The highest BCUT2D eigenvalue weighted by molar-refractivity contribution is 5.54. The molecule has 0 radical (unpaired) electrons. The highest BCUT2D eigenvalue weighted by atomic mass is 15.1. The van der Waals surface area contributed by atoms with Crippen LogP contribution in [0.25, 0.3) is 0 Å². The number of anilines is 1. The predicted molar refractivity (Wildman–Crippen MR) is 90.5 cm³/mol. The van der Waals surface area contributed by atoms with Crippen LogP contribution in [0.15, 0.2) is 18.2 Å². The zero-order valence-corrected chi connectivity index (χ0v) is 14.2. The first-order chi connectivity index (χ1) is 9.45. The van der Waals surface area contributed by atoms with Gasteiger partial charge < -0.3 is 10.2 Å². The third-order valence-corrected chi connectivity index (χ3v) is 3.87. The molecule has 1 aromatic rings. The molecule has 0 aliphatic rings. The quantitative estimate of drug-likeness (QED) is 0.709. The van der Waals surface area contributed by atoms with Crippen LogP contribution in [0.1, 0.15) is 51.7 Å². The largest absolute Gasteiger partial charge is 0.372 e. The molecule has 0 aliphatic carbocycles. The van der Waals surface area contributed by atoms with Crippen molar-refractivity contribution in [3.63, 3.8) is 0 Å². The third kappa shape index (κ3) is 5.16. The lowest BCUT2D eigenvalue weighted by Crippen LogP contribution is -2.30. The van der Waals surface area contributed by atoms with Crippen LogP contribution in [0.3, 0.4) is 0 Å². The molecule has 0 aliphatic heterocycles. The predicted octanol–water partition coefficient (Wildman–Crippen LogP) is 4.37. The van der Waals surface area contributed by atoms with E-state index < -0.39 is 0 Å². The molecule has 2 nitrogen and oxygen atoms in total. The van der Waals surface area contributed by atoms with Crippen molar-refractivity contribution in [2.24, 2.45) is 5.92 Å². The molecule has 1 N–H and O–H groups in total. The Hall–Kier alpha value is -1.02. The van der Waals surface area contributed by atoms with E-state index in [1.807, 2.05) is 0 Å². The second kappa shape index (κ2) is 8.31. The maximum Gasteiger partial charge on any atom is 0.0395 e. The van der Waals surface area contributed by atoms with Gasteiger partial charge >= 0.3 is 0 Å². The van der Waals surface area contributed by atoms with Crippen LogP contribution in [0, 0.1) is 12.8 Å². The normalized spacial score (nSPS) is 12.8. The summed E-state index contributed by atoms with van der Waals surface area (Å²) in [5, 5.41) is 3.46. The monoisotopic (exact) mass is 276 g/mol. The molecule has 1 rings (SSSR count). The summed E-state index contributed by atoms with van der Waals surface area (Å²) in [5.74, 6) is 0.741. The van der Waals surface area contributed by atoms with Gasteiger partial charge in [0.15, 0.2) is 0 Å². The minimum atomic E-state index is 0.581. The van der Waals surface area contributed by atoms with Crippen molar-refractivity contribution >= 4 is 5.69 Å². The molecule has 0 amide bonds. The van der Waals surface area contributed by atoms with E-state index in [4.69, 9.17) is 0 Å². The van der Waals surface area contributed by atoms with Crippen molar-refractivity contribution in [1.82, 2.24) is 5.32 Å². The van der Waals surface area contributed by atoms with E-state index in [0.29, 0.717) is 6.04 Å². The van der Waals surface area contributed by atoms with Crippen LogP contribution in [-0.2, 0) is 6.54 Å². The first-order valence-electron chi connectivity index (χ1n) is 7.98. The topological polar surface area (TPSA) is 15.3 Å². The fraction of sp³-hybridized carbons (Fsp3) is 0.667. The van der Waals surface area contributed by atoms with Crippen LogP contribution in [0.4, 0.5) is 5.69 Å². The Morgan fingerprint density at radius 3 is 2.45 bits per heavy atom. The van der Waals surface area contributed by atoms with Gasteiger partial charge in [0.1, 0.15) is 0 Å². The van der Waals surface area contributed by atoms with E-state index in [9.17, 15) is 0 Å². The zero-order valence-electron chi connectivity index (χ0n) is 14.2. The van der Waals surface area contributed by atoms with E-state index in [2.05, 4.69) is 70.1 Å². The van der Waals surface area contributed by atoms with Gasteiger partial charge in [-0.1, -0.05) is 32.9 Å². The average Bonchev–Trinajstić information content (AvgIpc) is 2.37. The van der Waals surface area contributed by atoms with Gasteiger partial charge in [0, 0.05) is 25.3 Å². The van der Waals surface area contributed by atoms with E-state index >= 15 is 0 Å². The van der Waals surface area contributed by atoms with E-state index in [1.165, 1.54) is 29.7 Å². The summed E-state index contributed by atoms with van der Waals surface area (Å²) in [4.78, 5) is 2.42. The standard InChI is InChI=1S/C18H32N2/c1-7-10-19-13-17-8-9-18(15(4)12-17)20(6)16(5)11-14(2)3/h8-9,12,14,16,19H,7,10-11,13H2,1-6H3. The van der Waals surface area contributed by atoms with Gasteiger partial charge in [0.25, 0.3) is 0 Å². The van der Waals surface area contributed by atoms with E-state index in [1.54, 1.807) is 0 Å². The molecule has 0 spiro atoms. The highest BCUT2D eigenvalue weighted by Crippen LogP contribution is 2.24. The van der Waals surface area contributed by atoms with Crippen molar-refractivity contribution in [3.8, 4) is 0 Å². The lowest BCUT2D eigenvalue weighted by molar-refractivity contribution is 0.503. The molecule has 0 aromatic heterocycles. The van der Waals surface area contributed by atoms with Gasteiger partial charge in [-0.2, -0.15) is 0 Å². The molecule has 0 fully saturated rings. The molecule has 0 bridgehead atoms. The molecule has 1 unspecified atom stereocenters. The highest BCUT2D eigenvalue weighted by Gasteiger charge is 2.13. The average molecular weight is 276 g/mol. The second-order valence-corrected chi connectivity index (χ2v) is 6.39. The number of benzene rings is 1. The summed E-state index contributed by atoms with van der Waals surface area (Å²) in [6.45, 7) is 13.4.